The third-order valence-corrected chi connectivity index (χ3v) is 4.03. The highest BCUT2D eigenvalue weighted by molar-refractivity contribution is 9.10. The summed E-state index contributed by atoms with van der Waals surface area (Å²) in [5, 5.41) is 6.03. The second-order valence-electron chi connectivity index (χ2n) is 4.97. The molecule has 0 aliphatic heterocycles. The van der Waals surface area contributed by atoms with Gasteiger partial charge in [-0.15, -0.1) is 0 Å². The van der Waals surface area contributed by atoms with E-state index in [2.05, 4.69) is 51.7 Å². The summed E-state index contributed by atoms with van der Waals surface area (Å²) in [5.41, 5.74) is 4.33. The van der Waals surface area contributed by atoms with E-state index in [0.29, 0.717) is 5.56 Å². The Kier molecular flexibility index (Phi) is 5.53. The molecule has 0 saturated carbocycles. The number of amides is 1. The summed E-state index contributed by atoms with van der Waals surface area (Å²) in [5.74, 6) is -0.0573. The van der Waals surface area contributed by atoms with Crippen LogP contribution < -0.4 is 10.6 Å². The molecular weight excluding hydrogens is 328 g/mol. The molecule has 1 amide bonds. The predicted octanol–water partition coefficient (Wildman–Crippen LogP) is 3.41. The van der Waals surface area contributed by atoms with Gasteiger partial charge in [-0.05, 0) is 41.8 Å². The van der Waals surface area contributed by atoms with E-state index < -0.39 is 0 Å². The molecule has 0 aliphatic carbocycles. The number of halogens is 1. The van der Waals surface area contributed by atoms with Crippen LogP contribution in [0.2, 0.25) is 0 Å². The summed E-state index contributed by atoms with van der Waals surface area (Å²) in [6.07, 6.45) is 0. The maximum absolute atomic E-state index is 11.5. The Hall–Kier alpha value is -1.65. The minimum Gasteiger partial charge on any atom is -0.355 e. The van der Waals surface area contributed by atoms with Crippen molar-refractivity contribution in [3.63, 3.8) is 0 Å². The molecule has 0 heterocycles. The minimum absolute atomic E-state index is 0.0573. The number of hydrogen-bond donors (Lipinski definition) is 2. The molecule has 0 atom stereocenters. The molecule has 2 aromatic rings. The van der Waals surface area contributed by atoms with Gasteiger partial charge in [-0.25, -0.2) is 0 Å². The van der Waals surface area contributed by atoms with Gasteiger partial charge in [0.05, 0.1) is 0 Å². The second kappa shape index (κ2) is 7.38. The molecule has 110 valence electrons. The van der Waals surface area contributed by atoms with E-state index in [9.17, 15) is 4.79 Å². The number of benzene rings is 2. The quantitative estimate of drug-likeness (QED) is 0.870. The van der Waals surface area contributed by atoms with E-state index in [0.717, 1.165) is 23.1 Å². The van der Waals surface area contributed by atoms with E-state index in [1.54, 1.807) is 7.05 Å². The largest absolute Gasteiger partial charge is 0.355 e. The fraction of sp³-hybridized carbons (Fsp3) is 0.235. The van der Waals surface area contributed by atoms with Gasteiger partial charge >= 0.3 is 0 Å². The predicted molar refractivity (Wildman–Crippen MR) is 89.3 cm³/mol. The number of nitrogens with one attached hydrogen (secondary N) is 2. The number of carbonyl (C=O) groups excluding carboxylic acids is 1. The van der Waals surface area contributed by atoms with E-state index >= 15 is 0 Å². The zero-order chi connectivity index (χ0) is 15.2. The lowest BCUT2D eigenvalue weighted by Gasteiger charge is -2.08. The highest BCUT2D eigenvalue weighted by atomic mass is 79.9. The Morgan fingerprint density at radius 3 is 2.43 bits per heavy atom. The fourth-order valence-corrected chi connectivity index (χ4v) is 2.69. The van der Waals surface area contributed by atoms with Crippen LogP contribution in [0.3, 0.4) is 0 Å². The molecule has 0 bridgehead atoms. The van der Waals surface area contributed by atoms with Gasteiger partial charge in [-0.2, -0.15) is 0 Å². The van der Waals surface area contributed by atoms with Crippen LogP contribution in [-0.2, 0) is 13.1 Å². The molecule has 0 radical (unpaired) electrons. The topological polar surface area (TPSA) is 41.1 Å². The van der Waals surface area contributed by atoms with Crippen molar-refractivity contribution in [2.75, 3.05) is 7.05 Å². The smallest absolute Gasteiger partial charge is 0.251 e. The van der Waals surface area contributed by atoms with Crippen LogP contribution >= 0.6 is 15.9 Å². The van der Waals surface area contributed by atoms with Crippen molar-refractivity contribution in [1.29, 1.82) is 0 Å². The van der Waals surface area contributed by atoms with Crippen LogP contribution in [0.4, 0.5) is 0 Å². The highest BCUT2D eigenvalue weighted by Gasteiger charge is 2.03. The van der Waals surface area contributed by atoms with Crippen molar-refractivity contribution >= 4 is 21.8 Å². The first kappa shape index (κ1) is 15.7. The average molecular weight is 347 g/mol. The molecule has 2 aromatic carbocycles. The van der Waals surface area contributed by atoms with Crippen LogP contribution in [-0.4, -0.2) is 13.0 Å². The normalized spacial score (nSPS) is 10.4. The fourth-order valence-electron chi connectivity index (χ4n) is 2.06. The van der Waals surface area contributed by atoms with Gasteiger partial charge in [0.25, 0.3) is 5.91 Å². The van der Waals surface area contributed by atoms with E-state index in [1.165, 1.54) is 11.1 Å². The monoisotopic (exact) mass is 346 g/mol. The second-order valence-corrected chi connectivity index (χ2v) is 5.83. The van der Waals surface area contributed by atoms with Crippen molar-refractivity contribution in [3.05, 3.63) is 69.2 Å². The average Bonchev–Trinajstić information content (AvgIpc) is 2.49. The molecule has 0 unspecified atom stereocenters. The summed E-state index contributed by atoms with van der Waals surface area (Å²) in [6.45, 7) is 3.66. The van der Waals surface area contributed by atoms with Crippen LogP contribution in [0.5, 0.6) is 0 Å². The SMILES string of the molecule is CNC(=O)c1ccc(CNCc2ccc(C)cc2Br)cc1. The van der Waals surface area contributed by atoms with Crippen molar-refractivity contribution in [1.82, 2.24) is 10.6 Å². The molecule has 0 aliphatic rings. The Labute approximate surface area is 133 Å². The van der Waals surface area contributed by atoms with E-state index in [1.807, 2.05) is 24.3 Å². The third kappa shape index (κ3) is 4.41. The zero-order valence-corrected chi connectivity index (χ0v) is 13.8. The molecule has 0 fully saturated rings. The van der Waals surface area contributed by atoms with Gasteiger partial charge in [0.1, 0.15) is 0 Å². The summed E-state index contributed by atoms with van der Waals surface area (Å²) >= 11 is 3.58. The third-order valence-electron chi connectivity index (χ3n) is 3.30. The molecule has 3 nitrogen and oxygen atoms in total. The number of carbonyl (C=O) groups is 1. The van der Waals surface area contributed by atoms with Gasteiger partial charge in [-0.1, -0.05) is 40.2 Å². The van der Waals surface area contributed by atoms with Crippen LogP contribution in [0.15, 0.2) is 46.9 Å². The Morgan fingerprint density at radius 1 is 1.10 bits per heavy atom. The first-order chi connectivity index (χ1) is 10.1. The van der Waals surface area contributed by atoms with Crippen LogP contribution in [0, 0.1) is 6.92 Å². The molecule has 2 rings (SSSR count). The van der Waals surface area contributed by atoms with E-state index in [4.69, 9.17) is 0 Å². The van der Waals surface area contributed by atoms with Crippen molar-refractivity contribution in [3.8, 4) is 0 Å². The molecular formula is C17H19BrN2O. The van der Waals surface area contributed by atoms with Crippen molar-refractivity contribution < 1.29 is 4.79 Å². The molecule has 2 N–H and O–H groups in total. The van der Waals surface area contributed by atoms with Crippen molar-refractivity contribution in [2.24, 2.45) is 0 Å². The number of aryl methyl sites for hydroxylation is 1. The van der Waals surface area contributed by atoms with Gasteiger partial charge in [0.15, 0.2) is 0 Å². The molecule has 21 heavy (non-hydrogen) atoms. The number of rotatable bonds is 5. The first-order valence-corrected chi connectivity index (χ1v) is 7.66. The van der Waals surface area contributed by atoms with Gasteiger partial charge in [-0.3, -0.25) is 4.79 Å². The van der Waals surface area contributed by atoms with Gasteiger partial charge < -0.3 is 10.6 Å². The maximum atomic E-state index is 11.5. The van der Waals surface area contributed by atoms with Crippen LogP contribution in [0.1, 0.15) is 27.0 Å². The van der Waals surface area contributed by atoms with Gasteiger partial charge in [0, 0.05) is 30.2 Å². The summed E-state index contributed by atoms with van der Waals surface area (Å²) in [7, 11) is 1.64. The Balaban J connectivity index is 1.90. The summed E-state index contributed by atoms with van der Waals surface area (Å²) in [4.78, 5) is 11.5. The Morgan fingerprint density at radius 2 is 1.81 bits per heavy atom. The molecule has 0 spiro atoms. The van der Waals surface area contributed by atoms with Crippen molar-refractivity contribution in [2.45, 2.75) is 20.0 Å². The molecule has 0 aromatic heterocycles. The first-order valence-electron chi connectivity index (χ1n) is 6.87. The highest BCUT2D eigenvalue weighted by Crippen LogP contribution is 2.18. The molecule has 0 saturated heterocycles. The lowest BCUT2D eigenvalue weighted by atomic mass is 10.1. The maximum Gasteiger partial charge on any atom is 0.251 e. The zero-order valence-electron chi connectivity index (χ0n) is 12.2. The van der Waals surface area contributed by atoms with Crippen LogP contribution in [0.25, 0.3) is 0 Å². The van der Waals surface area contributed by atoms with Gasteiger partial charge in [0.2, 0.25) is 0 Å². The summed E-state index contributed by atoms with van der Waals surface area (Å²) in [6, 6.07) is 14.0. The lowest BCUT2D eigenvalue weighted by Crippen LogP contribution is -2.18. The van der Waals surface area contributed by atoms with E-state index in [-0.39, 0.29) is 5.91 Å². The lowest BCUT2D eigenvalue weighted by molar-refractivity contribution is 0.0963. The molecule has 4 heteroatoms. The Bertz CT molecular complexity index is 623. The minimum atomic E-state index is -0.0573. The number of hydrogen-bond acceptors (Lipinski definition) is 2. The standard InChI is InChI=1S/C17H19BrN2O/c1-12-3-6-15(16(18)9-12)11-20-10-13-4-7-14(8-5-13)17(21)19-2/h3-9,20H,10-11H2,1-2H3,(H,19,21). The summed E-state index contributed by atoms with van der Waals surface area (Å²) < 4.78 is 1.13.